The van der Waals surface area contributed by atoms with Crippen molar-refractivity contribution in [3.8, 4) is 11.3 Å². The van der Waals surface area contributed by atoms with E-state index in [1.54, 1.807) is 24.3 Å². The van der Waals surface area contributed by atoms with E-state index in [1.807, 2.05) is 0 Å². The molecule has 1 fully saturated rings. The van der Waals surface area contributed by atoms with Crippen LogP contribution in [0, 0.1) is 5.82 Å². The Labute approximate surface area is 190 Å². The molecular formula is C23H21FN2O6S. The molecule has 2 aromatic carbocycles. The molecule has 4 rings (SSSR count). The van der Waals surface area contributed by atoms with E-state index in [4.69, 9.17) is 9.15 Å². The van der Waals surface area contributed by atoms with Crippen molar-refractivity contribution in [2.75, 3.05) is 32.8 Å². The molecule has 0 N–H and O–H groups in total. The zero-order chi connectivity index (χ0) is 23.4. The fourth-order valence-electron chi connectivity index (χ4n) is 3.43. The van der Waals surface area contributed by atoms with Crippen molar-refractivity contribution in [3.63, 3.8) is 0 Å². The molecule has 33 heavy (non-hydrogen) atoms. The van der Waals surface area contributed by atoms with Gasteiger partial charge < -0.3 is 14.1 Å². The Morgan fingerprint density at radius 1 is 0.909 bits per heavy atom. The molecule has 1 aliphatic rings. The number of hydrogen-bond donors (Lipinski definition) is 0. The Morgan fingerprint density at radius 3 is 2.24 bits per heavy atom. The predicted molar refractivity (Wildman–Crippen MR) is 116 cm³/mol. The highest BCUT2D eigenvalue weighted by Crippen LogP contribution is 2.23. The molecule has 8 nitrogen and oxygen atoms in total. The predicted octanol–water partition coefficient (Wildman–Crippen LogP) is 2.78. The molecule has 1 saturated heterocycles. The molecule has 0 radical (unpaired) electrons. The maximum Gasteiger partial charge on any atom is 0.374 e. The van der Waals surface area contributed by atoms with E-state index in [1.165, 1.54) is 51.7 Å². The van der Waals surface area contributed by atoms with Gasteiger partial charge in [-0.3, -0.25) is 4.79 Å². The summed E-state index contributed by atoms with van der Waals surface area (Å²) in [6, 6.07) is 16.7. The van der Waals surface area contributed by atoms with Crippen LogP contribution < -0.4 is 0 Å². The van der Waals surface area contributed by atoms with Crippen molar-refractivity contribution < 1.29 is 31.6 Å². The summed E-state index contributed by atoms with van der Waals surface area (Å²) in [5.74, 6) is -1.33. The van der Waals surface area contributed by atoms with Crippen molar-refractivity contribution in [2.45, 2.75) is 4.90 Å². The van der Waals surface area contributed by atoms with Gasteiger partial charge in [-0.25, -0.2) is 17.6 Å². The number of hydrogen-bond acceptors (Lipinski definition) is 6. The highest BCUT2D eigenvalue weighted by atomic mass is 32.2. The fraction of sp³-hybridized carbons (Fsp3) is 0.217. The van der Waals surface area contributed by atoms with Gasteiger partial charge in [0.25, 0.3) is 5.91 Å². The number of carbonyl (C=O) groups is 2. The van der Waals surface area contributed by atoms with Crippen LogP contribution in [0.1, 0.15) is 10.6 Å². The first-order chi connectivity index (χ1) is 15.8. The first-order valence-corrected chi connectivity index (χ1v) is 11.6. The average molecular weight is 472 g/mol. The summed E-state index contributed by atoms with van der Waals surface area (Å²) in [7, 11) is -3.62. The van der Waals surface area contributed by atoms with Crippen LogP contribution >= 0.6 is 0 Å². The maximum absolute atomic E-state index is 13.0. The van der Waals surface area contributed by atoms with Gasteiger partial charge in [-0.1, -0.05) is 18.2 Å². The van der Waals surface area contributed by atoms with Crippen LogP contribution in [0.3, 0.4) is 0 Å². The summed E-state index contributed by atoms with van der Waals surface area (Å²) in [6.07, 6.45) is 0. The summed E-state index contributed by atoms with van der Waals surface area (Å²) < 4.78 is 50.2. The Balaban J connectivity index is 1.28. The monoisotopic (exact) mass is 472 g/mol. The lowest BCUT2D eigenvalue weighted by Crippen LogP contribution is -2.51. The van der Waals surface area contributed by atoms with E-state index < -0.39 is 28.5 Å². The number of esters is 1. The van der Waals surface area contributed by atoms with Crippen molar-refractivity contribution in [1.29, 1.82) is 0 Å². The molecule has 0 spiro atoms. The quantitative estimate of drug-likeness (QED) is 0.512. The number of rotatable bonds is 6. The standard InChI is InChI=1S/C23H21FN2O6S/c24-18-8-6-17(7-9-18)20-10-11-21(32-20)23(28)31-16-22(27)25-12-14-26(15-13-25)33(29,30)19-4-2-1-3-5-19/h1-11H,12-16H2. The van der Waals surface area contributed by atoms with Crippen molar-refractivity contribution in [3.05, 3.63) is 78.3 Å². The molecule has 10 heteroatoms. The summed E-state index contributed by atoms with van der Waals surface area (Å²) in [5, 5.41) is 0. The van der Waals surface area contributed by atoms with E-state index >= 15 is 0 Å². The van der Waals surface area contributed by atoms with Crippen LogP contribution in [0.5, 0.6) is 0 Å². The van der Waals surface area contributed by atoms with Crippen LogP contribution in [-0.2, 0) is 19.6 Å². The van der Waals surface area contributed by atoms with Gasteiger partial charge in [-0.15, -0.1) is 0 Å². The van der Waals surface area contributed by atoms with Gasteiger partial charge in [0.15, 0.2) is 6.61 Å². The minimum atomic E-state index is -3.62. The summed E-state index contributed by atoms with van der Waals surface area (Å²) in [6.45, 7) is 0.193. The number of ether oxygens (including phenoxy) is 1. The van der Waals surface area contributed by atoms with E-state index in [9.17, 15) is 22.4 Å². The lowest BCUT2D eigenvalue weighted by Gasteiger charge is -2.33. The Bertz CT molecular complexity index is 1230. The van der Waals surface area contributed by atoms with Crippen molar-refractivity contribution in [1.82, 2.24) is 9.21 Å². The second kappa shape index (κ2) is 9.55. The lowest BCUT2D eigenvalue weighted by atomic mass is 10.2. The Morgan fingerprint density at radius 2 is 1.58 bits per heavy atom. The van der Waals surface area contributed by atoms with Crippen LogP contribution in [0.2, 0.25) is 0 Å². The highest BCUT2D eigenvalue weighted by Gasteiger charge is 2.30. The molecular weight excluding hydrogens is 451 g/mol. The van der Waals surface area contributed by atoms with Crippen LogP contribution in [0.4, 0.5) is 4.39 Å². The van der Waals surface area contributed by atoms with Crippen LogP contribution in [0.25, 0.3) is 11.3 Å². The number of furan rings is 1. The molecule has 172 valence electrons. The van der Waals surface area contributed by atoms with Gasteiger partial charge in [-0.05, 0) is 48.5 Å². The smallest absolute Gasteiger partial charge is 0.374 e. The van der Waals surface area contributed by atoms with E-state index in [-0.39, 0.29) is 42.7 Å². The minimum Gasteiger partial charge on any atom is -0.450 e. The number of sulfonamides is 1. The molecule has 0 unspecified atom stereocenters. The van der Waals surface area contributed by atoms with Gasteiger partial charge in [0, 0.05) is 31.7 Å². The molecule has 0 saturated carbocycles. The zero-order valence-electron chi connectivity index (χ0n) is 17.5. The SMILES string of the molecule is O=C(OCC(=O)N1CCN(S(=O)(=O)c2ccccc2)CC1)c1ccc(-c2ccc(F)cc2)o1. The molecule has 0 aliphatic carbocycles. The summed E-state index contributed by atoms with van der Waals surface area (Å²) >= 11 is 0. The second-order valence-electron chi connectivity index (χ2n) is 7.34. The number of piperazine rings is 1. The number of nitrogens with zero attached hydrogens (tertiary/aromatic N) is 2. The molecule has 1 amide bonds. The summed E-state index contributed by atoms with van der Waals surface area (Å²) in [5.41, 5.74) is 0.592. The number of halogens is 1. The molecule has 3 aromatic rings. The molecule has 0 atom stereocenters. The molecule has 1 aliphatic heterocycles. The second-order valence-corrected chi connectivity index (χ2v) is 9.28. The van der Waals surface area contributed by atoms with Crippen LogP contribution in [0.15, 0.2) is 76.0 Å². The number of carbonyl (C=O) groups excluding carboxylic acids is 2. The van der Waals surface area contributed by atoms with E-state index in [2.05, 4.69) is 0 Å². The Kier molecular flexibility index (Phi) is 6.57. The molecule has 1 aromatic heterocycles. The average Bonchev–Trinajstić information content (AvgIpc) is 3.34. The van der Waals surface area contributed by atoms with Crippen molar-refractivity contribution in [2.24, 2.45) is 0 Å². The lowest BCUT2D eigenvalue weighted by molar-refractivity contribution is -0.135. The van der Waals surface area contributed by atoms with E-state index in [0.29, 0.717) is 11.3 Å². The third-order valence-corrected chi connectivity index (χ3v) is 7.15. The van der Waals surface area contributed by atoms with E-state index in [0.717, 1.165) is 0 Å². The number of benzene rings is 2. The normalized spacial score (nSPS) is 14.8. The third-order valence-electron chi connectivity index (χ3n) is 5.23. The zero-order valence-corrected chi connectivity index (χ0v) is 18.3. The number of amides is 1. The van der Waals surface area contributed by atoms with Gasteiger partial charge >= 0.3 is 5.97 Å². The summed E-state index contributed by atoms with van der Waals surface area (Å²) in [4.78, 5) is 26.3. The minimum absolute atomic E-state index is 0.0825. The third kappa shape index (κ3) is 5.12. The first-order valence-electron chi connectivity index (χ1n) is 10.2. The first kappa shape index (κ1) is 22.7. The van der Waals surface area contributed by atoms with Gasteiger partial charge in [0.1, 0.15) is 11.6 Å². The van der Waals surface area contributed by atoms with Gasteiger partial charge in [0.05, 0.1) is 4.90 Å². The maximum atomic E-state index is 13.0. The van der Waals surface area contributed by atoms with Crippen LogP contribution in [-0.4, -0.2) is 62.3 Å². The molecule has 0 bridgehead atoms. The Hall–Kier alpha value is -3.50. The topological polar surface area (TPSA) is 97.1 Å². The van der Waals surface area contributed by atoms with Gasteiger partial charge in [0.2, 0.25) is 15.8 Å². The van der Waals surface area contributed by atoms with Gasteiger partial charge in [-0.2, -0.15) is 4.31 Å². The fourth-order valence-corrected chi connectivity index (χ4v) is 4.87. The largest absolute Gasteiger partial charge is 0.450 e. The van der Waals surface area contributed by atoms with Crippen molar-refractivity contribution >= 4 is 21.9 Å². The molecule has 2 heterocycles. The highest BCUT2D eigenvalue weighted by molar-refractivity contribution is 7.89.